The van der Waals surface area contributed by atoms with Crippen molar-refractivity contribution in [1.82, 2.24) is 19.6 Å². The van der Waals surface area contributed by atoms with E-state index in [1.807, 2.05) is 32.0 Å². The Labute approximate surface area is 212 Å². The van der Waals surface area contributed by atoms with Gasteiger partial charge in [-0.05, 0) is 35.7 Å². The number of fused-ring (bicyclic) bond motifs is 2. The van der Waals surface area contributed by atoms with Crippen molar-refractivity contribution >= 4 is 44.1 Å². The number of anilines is 1. The second kappa shape index (κ2) is 9.02. The molecule has 0 saturated carbocycles. The molecule has 36 heavy (non-hydrogen) atoms. The van der Waals surface area contributed by atoms with Gasteiger partial charge in [0.25, 0.3) is 5.91 Å². The van der Waals surface area contributed by atoms with Crippen molar-refractivity contribution in [2.45, 2.75) is 25.9 Å². The van der Waals surface area contributed by atoms with E-state index in [1.54, 1.807) is 36.5 Å². The highest BCUT2D eigenvalue weighted by Crippen LogP contribution is 2.34. The smallest absolute Gasteiger partial charge is 0.320 e. The third kappa shape index (κ3) is 4.32. The molecule has 1 amide bonds. The third-order valence-electron chi connectivity index (χ3n) is 5.84. The first-order valence-corrected chi connectivity index (χ1v) is 11.8. The zero-order valence-corrected chi connectivity index (χ0v) is 20.7. The highest BCUT2D eigenvalue weighted by Gasteiger charge is 2.36. The molecule has 3 aromatic heterocycles. The Kier molecular flexibility index (Phi) is 5.99. The van der Waals surface area contributed by atoms with Crippen molar-refractivity contribution in [3.63, 3.8) is 0 Å². The van der Waals surface area contributed by atoms with Gasteiger partial charge in [0.1, 0.15) is 5.56 Å². The molecule has 0 aliphatic heterocycles. The normalized spacial score (nSPS) is 12.0. The number of hydrogen-bond acceptors (Lipinski definition) is 4. The molecule has 0 fully saturated rings. The van der Waals surface area contributed by atoms with Crippen LogP contribution in [0.2, 0.25) is 0 Å². The second-order valence-corrected chi connectivity index (χ2v) is 9.40. The summed E-state index contributed by atoms with van der Waals surface area (Å²) >= 11 is 3.45. The van der Waals surface area contributed by atoms with Crippen LogP contribution in [0.4, 0.5) is 18.9 Å². The Morgan fingerprint density at radius 3 is 2.53 bits per heavy atom. The maximum absolute atomic E-state index is 14.0. The van der Waals surface area contributed by atoms with E-state index in [-0.39, 0.29) is 22.8 Å². The predicted octanol–water partition coefficient (Wildman–Crippen LogP) is 7.10. The van der Waals surface area contributed by atoms with Crippen LogP contribution in [-0.4, -0.2) is 25.5 Å². The zero-order chi connectivity index (χ0) is 25.6. The highest BCUT2D eigenvalue weighted by molar-refractivity contribution is 9.10. The quantitative estimate of drug-likeness (QED) is 0.257. The largest absolute Gasteiger partial charge is 0.433 e. The molecule has 1 N–H and O–H groups in total. The maximum atomic E-state index is 14.0. The molecule has 182 valence electrons. The van der Waals surface area contributed by atoms with E-state index in [9.17, 15) is 18.0 Å². The molecular formula is C26H19BrF3N5O. The minimum atomic E-state index is -4.71. The summed E-state index contributed by atoms with van der Waals surface area (Å²) in [7, 11) is 0. The van der Waals surface area contributed by atoms with Crippen LogP contribution in [0.1, 0.15) is 41.4 Å². The average molecular weight is 554 g/mol. The Morgan fingerprint density at radius 2 is 1.83 bits per heavy atom. The summed E-state index contributed by atoms with van der Waals surface area (Å²) in [6.45, 7) is 4.06. The molecule has 0 atom stereocenters. The molecule has 0 unspecified atom stereocenters. The lowest BCUT2D eigenvalue weighted by Gasteiger charge is -2.13. The van der Waals surface area contributed by atoms with E-state index in [4.69, 9.17) is 0 Å². The van der Waals surface area contributed by atoms with E-state index >= 15 is 0 Å². The molecule has 0 spiro atoms. The van der Waals surface area contributed by atoms with Crippen molar-refractivity contribution in [3.8, 4) is 11.3 Å². The number of pyridine rings is 1. The monoisotopic (exact) mass is 553 g/mol. The average Bonchev–Trinajstić information content (AvgIpc) is 3.29. The van der Waals surface area contributed by atoms with Gasteiger partial charge in [-0.3, -0.25) is 9.78 Å². The molecule has 6 nitrogen and oxygen atoms in total. The summed E-state index contributed by atoms with van der Waals surface area (Å²) < 4.78 is 43.3. The first-order chi connectivity index (χ1) is 17.1. The van der Waals surface area contributed by atoms with Crippen LogP contribution < -0.4 is 5.32 Å². The van der Waals surface area contributed by atoms with E-state index in [0.717, 1.165) is 27.7 Å². The van der Waals surface area contributed by atoms with Crippen molar-refractivity contribution in [3.05, 3.63) is 88.3 Å². The van der Waals surface area contributed by atoms with Crippen molar-refractivity contribution < 1.29 is 18.0 Å². The van der Waals surface area contributed by atoms with Crippen LogP contribution in [0.3, 0.4) is 0 Å². The van der Waals surface area contributed by atoms with Crippen LogP contribution in [0.15, 0.2) is 71.5 Å². The number of nitrogens with one attached hydrogen (secondary N) is 1. The number of alkyl halides is 3. The van der Waals surface area contributed by atoms with Crippen LogP contribution in [0.25, 0.3) is 27.8 Å². The molecule has 5 rings (SSSR count). The van der Waals surface area contributed by atoms with Crippen molar-refractivity contribution in [1.29, 1.82) is 0 Å². The predicted molar refractivity (Wildman–Crippen MR) is 135 cm³/mol. The number of nitrogens with zero attached hydrogens (tertiary/aromatic N) is 4. The van der Waals surface area contributed by atoms with Gasteiger partial charge < -0.3 is 5.32 Å². The van der Waals surface area contributed by atoms with Gasteiger partial charge in [-0.2, -0.15) is 18.3 Å². The van der Waals surface area contributed by atoms with Crippen LogP contribution in [0.5, 0.6) is 0 Å². The van der Waals surface area contributed by atoms with E-state index in [2.05, 4.69) is 36.3 Å². The molecule has 10 heteroatoms. The fraction of sp³-hybridized carbons (Fsp3) is 0.154. The fourth-order valence-corrected chi connectivity index (χ4v) is 4.39. The lowest BCUT2D eigenvalue weighted by atomic mass is 10.0. The highest BCUT2D eigenvalue weighted by atomic mass is 79.9. The van der Waals surface area contributed by atoms with E-state index in [0.29, 0.717) is 21.3 Å². The molecule has 0 aliphatic rings. The van der Waals surface area contributed by atoms with Gasteiger partial charge >= 0.3 is 6.18 Å². The number of carbonyl (C=O) groups excluding carboxylic acids is 1. The van der Waals surface area contributed by atoms with Gasteiger partial charge in [-0.1, -0.05) is 60.1 Å². The number of carbonyl (C=O) groups is 1. The van der Waals surface area contributed by atoms with Gasteiger partial charge in [0.2, 0.25) is 0 Å². The molecule has 5 aromatic rings. The van der Waals surface area contributed by atoms with E-state index in [1.165, 1.54) is 0 Å². The van der Waals surface area contributed by atoms with Gasteiger partial charge in [0.15, 0.2) is 11.3 Å². The SMILES string of the molecule is CC(C)c1ccc(-c2cc(C(F)(F)F)n3ncc(C(=O)Nc4ccc(Br)c5cccnc45)c3n2)cc1. The maximum Gasteiger partial charge on any atom is 0.433 e. The van der Waals surface area contributed by atoms with Gasteiger partial charge in [0.05, 0.1) is 23.1 Å². The Morgan fingerprint density at radius 1 is 1.08 bits per heavy atom. The van der Waals surface area contributed by atoms with Crippen molar-refractivity contribution in [2.75, 3.05) is 5.32 Å². The number of amides is 1. The number of aromatic nitrogens is 4. The van der Waals surface area contributed by atoms with Crippen LogP contribution in [0, 0.1) is 0 Å². The summed E-state index contributed by atoms with van der Waals surface area (Å²) in [5.41, 5.74) is 1.29. The Balaban J connectivity index is 1.61. The van der Waals surface area contributed by atoms with E-state index < -0.39 is 17.8 Å². The molecule has 0 saturated heterocycles. The second-order valence-electron chi connectivity index (χ2n) is 8.54. The fourth-order valence-electron chi connectivity index (χ4n) is 3.94. The Bertz CT molecular complexity index is 1610. The summed E-state index contributed by atoms with van der Waals surface area (Å²) in [6.07, 6.45) is -2.03. The summed E-state index contributed by atoms with van der Waals surface area (Å²) in [4.78, 5) is 22.0. The first-order valence-electron chi connectivity index (χ1n) is 11.0. The first kappa shape index (κ1) is 23.9. The molecule has 0 bridgehead atoms. The van der Waals surface area contributed by atoms with Crippen LogP contribution >= 0.6 is 15.9 Å². The molecule has 0 radical (unpaired) electrons. The summed E-state index contributed by atoms with van der Waals surface area (Å²) in [5.74, 6) is -0.373. The third-order valence-corrected chi connectivity index (χ3v) is 6.54. The summed E-state index contributed by atoms with van der Waals surface area (Å²) in [5, 5.41) is 7.37. The number of benzene rings is 2. The minimum absolute atomic E-state index is 0.0897. The molecule has 3 heterocycles. The zero-order valence-electron chi connectivity index (χ0n) is 19.1. The summed E-state index contributed by atoms with van der Waals surface area (Å²) in [6, 6.07) is 15.1. The molecule has 2 aromatic carbocycles. The lowest BCUT2D eigenvalue weighted by molar-refractivity contribution is -0.142. The Hall–Kier alpha value is -3.79. The van der Waals surface area contributed by atoms with Gasteiger partial charge in [-0.15, -0.1) is 0 Å². The van der Waals surface area contributed by atoms with Gasteiger partial charge in [0, 0.05) is 21.6 Å². The van der Waals surface area contributed by atoms with Crippen LogP contribution in [-0.2, 0) is 6.18 Å². The molecule has 0 aliphatic carbocycles. The number of halogens is 4. The van der Waals surface area contributed by atoms with Gasteiger partial charge in [-0.25, -0.2) is 9.50 Å². The lowest BCUT2D eigenvalue weighted by Crippen LogP contribution is -2.16. The van der Waals surface area contributed by atoms with Crippen molar-refractivity contribution in [2.24, 2.45) is 0 Å². The number of hydrogen-bond donors (Lipinski definition) is 1. The minimum Gasteiger partial charge on any atom is -0.320 e. The topological polar surface area (TPSA) is 72.2 Å². The standard InChI is InChI=1S/C26H19BrF3N5O/c1-14(2)15-5-7-16(8-6-15)21-12-22(26(28,29)30)35-24(33-21)18(13-32-35)25(36)34-20-10-9-19(27)17-4-3-11-31-23(17)20/h3-14H,1-2H3,(H,34,36). The number of rotatable bonds is 4. The molecular weight excluding hydrogens is 535 g/mol.